The third-order valence-electron chi connectivity index (χ3n) is 5.18. The quantitative estimate of drug-likeness (QED) is 0.348. The lowest BCUT2D eigenvalue weighted by Gasteiger charge is -2.28. The molecule has 5 heteroatoms. The highest BCUT2D eigenvalue weighted by molar-refractivity contribution is 5.84. The van der Waals surface area contributed by atoms with Crippen molar-refractivity contribution in [2.75, 3.05) is 0 Å². The van der Waals surface area contributed by atoms with Gasteiger partial charge in [-0.05, 0) is 49.8 Å². The van der Waals surface area contributed by atoms with Crippen molar-refractivity contribution in [1.82, 2.24) is 0 Å². The van der Waals surface area contributed by atoms with Gasteiger partial charge in [0.25, 0.3) is 0 Å². The van der Waals surface area contributed by atoms with Crippen molar-refractivity contribution in [3.8, 4) is 23.0 Å². The van der Waals surface area contributed by atoms with Gasteiger partial charge in [0.05, 0.1) is 11.5 Å². The molecule has 0 bridgehead atoms. The maximum atomic E-state index is 12.2. The smallest absolute Gasteiger partial charge is 0.339 e. The fraction of sp³-hybridized carbons (Fsp3) is 0.148. The molecule has 0 amide bonds. The van der Waals surface area contributed by atoms with E-state index in [1.54, 1.807) is 6.07 Å². The Kier molecular flexibility index (Phi) is 4.94. The molecular formula is C27H22O5. The van der Waals surface area contributed by atoms with Crippen LogP contribution in [0.2, 0.25) is 0 Å². The standard InChI is InChI=1S/C27H22O5/c1-27(2)13-12-19-8-9-21(15-23(19)32-27)30-25-16-26(28)31-24-14-20(10-11-22(24)25)29-17-18-6-4-3-5-7-18/h3-16H,17H2,1-2H3. The van der Waals surface area contributed by atoms with Gasteiger partial charge in [0.15, 0.2) is 0 Å². The minimum atomic E-state index is -0.494. The minimum Gasteiger partial charge on any atom is -0.489 e. The maximum Gasteiger partial charge on any atom is 0.339 e. The van der Waals surface area contributed by atoms with Crippen molar-refractivity contribution in [2.24, 2.45) is 0 Å². The second-order valence-corrected chi connectivity index (χ2v) is 8.20. The molecule has 32 heavy (non-hydrogen) atoms. The van der Waals surface area contributed by atoms with E-state index in [4.69, 9.17) is 18.6 Å². The van der Waals surface area contributed by atoms with Crippen LogP contribution in [0.25, 0.3) is 17.0 Å². The highest BCUT2D eigenvalue weighted by atomic mass is 16.5. The fourth-order valence-corrected chi connectivity index (χ4v) is 3.57. The molecular weight excluding hydrogens is 404 g/mol. The second-order valence-electron chi connectivity index (χ2n) is 8.20. The molecule has 1 aliphatic rings. The Morgan fingerprint density at radius 1 is 0.906 bits per heavy atom. The number of ether oxygens (including phenoxy) is 3. The lowest BCUT2D eigenvalue weighted by molar-refractivity contribution is 0.158. The second kappa shape index (κ2) is 7.93. The normalized spacial score (nSPS) is 13.9. The summed E-state index contributed by atoms with van der Waals surface area (Å²) >= 11 is 0. The van der Waals surface area contributed by atoms with Gasteiger partial charge in [0.1, 0.15) is 40.8 Å². The molecule has 0 radical (unpaired) electrons. The molecule has 1 aliphatic heterocycles. The first-order valence-electron chi connectivity index (χ1n) is 10.4. The first-order chi connectivity index (χ1) is 15.4. The van der Waals surface area contributed by atoms with Crippen LogP contribution in [0.15, 0.2) is 88.1 Å². The van der Waals surface area contributed by atoms with Crippen molar-refractivity contribution in [3.05, 3.63) is 100 Å². The summed E-state index contributed by atoms with van der Waals surface area (Å²) in [4.78, 5) is 12.2. The maximum absolute atomic E-state index is 12.2. The molecule has 0 saturated carbocycles. The van der Waals surface area contributed by atoms with Crippen LogP contribution in [0.4, 0.5) is 0 Å². The molecule has 0 spiro atoms. The monoisotopic (exact) mass is 426 g/mol. The van der Waals surface area contributed by atoms with Gasteiger partial charge >= 0.3 is 5.63 Å². The summed E-state index contributed by atoms with van der Waals surface area (Å²) < 4.78 is 23.4. The first-order valence-corrected chi connectivity index (χ1v) is 10.4. The average Bonchev–Trinajstić information content (AvgIpc) is 2.77. The highest BCUT2D eigenvalue weighted by Gasteiger charge is 2.22. The molecule has 0 saturated heterocycles. The van der Waals surface area contributed by atoms with Gasteiger partial charge < -0.3 is 18.6 Å². The van der Waals surface area contributed by atoms with Crippen LogP contribution in [0.3, 0.4) is 0 Å². The van der Waals surface area contributed by atoms with Crippen molar-refractivity contribution in [3.63, 3.8) is 0 Å². The summed E-state index contributed by atoms with van der Waals surface area (Å²) in [6.45, 7) is 4.41. The zero-order chi connectivity index (χ0) is 22.1. The fourth-order valence-electron chi connectivity index (χ4n) is 3.57. The average molecular weight is 426 g/mol. The van der Waals surface area contributed by atoms with Gasteiger partial charge in [-0.15, -0.1) is 0 Å². The molecule has 4 aromatic rings. The minimum absolute atomic E-state index is 0.387. The molecule has 2 heterocycles. The Bertz CT molecular complexity index is 1370. The number of benzene rings is 3. The van der Waals surface area contributed by atoms with Crippen LogP contribution in [0.1, 0.15) is 25.0 Å². The Labute approximate surface area is 185 Å². The van der Waals surface area contributed by atoms with Crippen LogP contribution < -0.4 is 19.8 Å². The van der Waals surface area contributed by atoms with Crippen LogP contribution in [0, 0.1) is 0 Å². The number of hydrogen-bond donors (Lipinski definition) is 0. The van der Waals surface area contributed by atoms with Crippen molar-refractivity contribution >= 4 is 17.0 Å². The third-order valence-corrected chi connectivity index (χ3v) is 5.18. The van der Waals surface area contributed by atoms with E-state index in [1.807, 2.05) is 86.7 Å². The zero-order valence-electron chi connectivity index (χ0n) is 17.8. The largest absolute Gasteiger partial charge is 0.489 e. The number of rotatable bonds is 5. The Morgan fingerprint density at radius 3 is 2.56 bits per heavy atom. The first kappa shape index (κ1) is 19.9. The van der Waals surface area contributed by atoms with Gasteiger partial charge in [-0.2, -0.15) is 0 Å². The van der Waals surface area contributed by atoms with Gasteiger partial charge in [-0.25, -0.2) is 4.79 Å². The van der Waals surface area contributed by atoms with E-state index in [-0.39, 0.29) is 5.60 Å². The summed E-state index contributed by atoms with van der Waals surface area (Å²) in [6.07, 6.45) is 4.05. The van der Waals surface area contributed by atoms with E-state index < -0.39 is 5.63 Å². The van der Waals surface area contributed by atoms with Gasteiger partial charge in [-0.3, -0.25) is 0 Å². The molecule has 5 rings (SSSR count). The van der Waals surface area contributed by atoms with E-state index in [0.29, 0.717) is 34.8 Å². The van der Waals surface area contributed by atoms with Crippen LogP contribution in [-0.2, 0) is 6.61 Å². The van der Waals surface area contributed by atoms with E-state index in [9.17, 15) is 4.79 Å². The van der Waals surface area contributed by atoms with Crippen molar-refractivity contribution < 1.29 is 18.6 Å². The molecule has 3 aromatic carbocycles. The number of fused-ring (bicyclic) bond motifs is 2. The van der Waals surface area contributed by atoms with E-state index in [2.05, 4.69) is 0 Å². The molecule has 0 N–H and O–H groups in total. The van der Waals surface area contributed by atoms with Crippen LogP contribution in [-0.4, -0.2) is 5.60 Å². The van der Waals surface area contributed by atoms with Gasteiger partial charge in [0.2, 0.25) is 0 Å². The molecule has 0 unspecified atom stereocenters. The summed E-state index contributed by atoms with van der Waals surface area (Å²) in [5.74, 6) is 2.33. The van der Waals surface area contributed by atoms with Crippen LogP contribution in [0.5, 0.6) is 23.0 Å². The predicted molar refractivity (Wildman–Crippen MR) is 124 cm³/mol. The molecule has 0 aliphatic carbocycles. The Hall–Kier alpha value is -3.99. The third kappa shape index (κ3) is 4.23. The van der Waals surface area contributed by atoms with Gasteiger partial charge in [0, 0.05) is 17.7 Å². The topological polar surface area (TPSA) is 57.9 Å². The summed E-state index contributed by atoms with van der Waals surface area (Å²) in [5.41, 5.74) is 1.55. The SMILES string of the molecule is CC1(C)C=Cc2ccc(Oc3cc(=O)oc4cc(OCc5ccccc5)ccc34)cc2O1. The predicted octanol–water partition coefficient (Wildman–Crippen LogP) is 6.35. The van der Waals surface area contributed by atoms with E-state index in [0.717, 1.165) is 16.9 Å². The summed E-state index contributed by atoms with van der Waals surface area (Å²) in [6, 6.07) is 22.2. The molecule has 0 fully saturated rings. The van der Waals surface area contributed by atoms with Gasteiger partial charge in [-0.1, -0.05) is 36.4 Å². The van der Waals surface area contributed by atoms with E-state index >= 15 is 0 Å². The molecule has 5 nitrogen and oxygen atoms in total. The molecule has 1 aromatic heterocycles. The van der Waals surface area contributed by atoms with Crippen LogP contribution >= 0.6 is 0 Å². The molecule has 160 valence electrons. The lowest BCUT2D eigenvalue weighted by atomic mass is 10.0. The highest BCUT2D eigenvalue weighted by Crippen LogP contribution is 2.36. The van der Waals surface area contributed by atoms with E-state index in [1.165, 1.54) is 6.07 Å². The summed E-state index contributed by atoms with van der Waals surface area (Å²) in [5, 5.41) is 0.676. The molecule has 0 atom stereocenters. The van der Waals surface area contributed by atoms with Crippen molar-refractivity contribution in [2.45, 2.75) is 26.1 Å². The number of hydrogen-bond acceptors (Lipinski definition) is 5. The lowest BCUT2D eigenvalue weighted by Crippen LogP contribution is -2.27. The van der Waals surface area contributed by atoms with Crippen molar-refractivity contribution in [1.29, 1.82) is 0 Å². The Morgan fingerprint density at radius 2 is 1.72 bits per heavy atom. The zero-order valence-corrected chi connectivity index (χ0v) is 17.8. The Balaban J connectivity index is 1.42. The summed E-state index contributed by atoms with van der Waals surface area (Å²) in [7, 11) is 0.